The molecule has 0 bridgehead atoms. The van der Waals surface area contributed by atoms with Gasteiger partial charge < -0.3 is 14.4 Å². The highest BCUT2D eigenvalue weighted by atomic mass is 19.1. The van der Waals surface area contributed by atoms with Crippen molar-refractivity contribution in [2.45, 2.75) is 12.8 Å². The van der Waals surface area contributed by atoms with Crippen molar-refractivity contribution in [1.29, 1.82) is 10.5 Å². The Morgan fingerprint density at radius 2 is 1.83 bits per heavy atom. The first-order valence-electron chi connectivity index (χ1n) is 7.05. The van der Waals surface area contributed by atoms with Crippen LogP contribution in [0.2, 0.25) is 0 Å². The molecule has 0 saturated heterocycles. The predicted octanol–water partition coefficient (Wildman–Crippen LogP) is 1.65. The van der Waals surface area contributed by atoms with Gasteiger partial charge >= 0.3 is 5.97 Å². The molecule has 1 amide bonds. The van der Waals surface area contributed by atoms with E-state index in [0.717, 1.165) is 6.07 Å². The first kappa shape index (κ1) is 18.9. The zero-order valence-electron chi connectivity index (χ0n) is 13.1. The van der Waals surface area contributed by atoms with E-state index in [-0.39, 0.29) is 37.2 Å². The van der Waals surface area contributed by atoms with Gasteiger partial charge in [-0.3, -0.25) is 4.79 Å². The van der Waals surface area contributed by atoms with Crippen molar-refractivity contribution in [2.75, 3.05) is 26.8 Å². The summed E-state index contributed by atoms with van der Waals surface area (Å²) in [5.74, 6) is -2.11. The van der Waals surface area contributed by atoms with Crippen molar-refractivity contribution >= 4 is 11.9 Å². The molecule has 0 unspecified atom stereocenters. The molecule has 0 N–H and O–H groups in total. The number of ether oxygens (including phenoxy) is 2. The van der Waals surface area contributed by atoms with Crippen LogP contribution in [0.15, 0.2) is 18.2 Å². The number of carbonyl (C=O) groups is 2. The van der Waals surface area contributed by atoms with E-state index in [1.807, 2.05) is 12.1 Å². The maximum atomic E-state index is 13.8. The Hall–Kier alpha value is -3.13. The lowest BCUT2D eigenvalue weighted by Gasteiger charge is -2.20. The largest absolute Gasteiger partial charge is 0.497 e. The fourth-order valence-electron chi connectivity index (χ4n) is 1.82. The van der Waals surface area contributed by atoms with Gasteiger partial charge in [0.2, 0.25) is 0 Å². The Morgan fingerprint density at radius 3 is 2.33 bits per heavy atom. The second-order valence-corrected chi connectivity index (χ2v) is 4.62. The van der Waals surface area contributed by atoms with Crippen molar-refractivity contribution in [3.8, 4) is 17.9 Å². The molecule has 8 heteroatoms. The molecule has 0 aliphatic carbocycles. The number of carbonyl (C=O) groups excluding carboxylic acids is 2. The zero-order chi connectivity index (χ0) is 17.9. The first-order valence-corrected chi connectivity index (χ1v) is 7.05. The second-order valence-electron chi connectivity index (χ2n) is 4.62. The average Bonchev–Trinajstić information content (AvgIpc) is 2.59. The molecular formula is C16H16FN3O4. The van der Waals surface area contributed by atoms with E-state index in [9.17, 15) is 14.0 Å². The molecule has 0 saturated carbocycles. The molecule has 1 rings (SSSR count). The lowest BCUT2D eigenvalue weighted by Crippen LogP contribution is -2.36. The molecule has 0 fully saturated rings. The molecule has 1 aromatic rings. The van der Waals surface area contributed by atoms with Crippen LogP contribution >= 0.6 is 0 Å². The summed E-state index contributed by atoms with van der Waals surface area (Å²) in [6.45, 7) is -0.335. The van der Waals surface area contributed by atoms with Crippen molar-refractivity contribution in [3.63, 3.8) is 0 Å². The number of hydrogen-bond donors (Lipinski definition) is 0. The fraction of sp³-hybridized carbons (Fsp3) is 0.375. The monoisotopic (exact) mass is 333 g/mol. The number of nitriles is 2. The first-order chi connectivity index (χ1) is 11.5. The van der Waals surface area contributed by atoms with Crippen LogP contribution in [-0.2, 0) is 9.53 Å². The lowest BCUT2D eigenvalue weighted by molar-refractivity contribution is -0.134. The Bertz CT molecular complexity index is 661. The third-order valence-corrected chi connectivity index (χ3v) is 3.06. The Morgan fingerprint density at radius 1 is 1.21 bits per heavy atom. The Balaban J connectivity index is 2.65. The molecule has 0 atom stereocenters. The summed E-state index contributed by atoms with van der Waals surface area (Å²) in [7, 11) is 1.36. The van der Waals surface area contributed by atoms with E-state index in [1.165, 1.54) is 24.1 Å². The average molecular weight is 333 g/mol. The van der Waals surface area contributed by atoms with Gasteiger partial charge in [-0.15, -0.1) is 0 Å². The molecule has 0 spiro atoms. The number of hydrogen-bond acceptors (Lipinski definition) is 6. The molecule has 24 heavy (non-hydrogen) atoms. The number of esters is 1. The van der Waals surface area contributed by atoms with Crippen molar-refractivity contribution < 1.29 is 23.5 Å². The zero-order valence-corrected chi connectivity index (χ0v) is 13.1. The number of halogens is 1. The third-order valence-electron chi connectivity index (χ3n) is 3.06. The summed E-state index contributed by atoms with van der Waals surface area (Å²) < 4.78 is 23.4. The summed E-state index contributed by atoms with van der Waals surface area (Å²) in [4.78, 5) is 25.1. The van der Waals surface area contributed by atoms with Gasteiger partial charge in [-0.25, -0.2) is 9.18 Å². The Kier molecular flexibility index (Phi) is 7.72. The number of benzene rings is 1. The van der Waals surface area contributed by atoms with Crippen LogP contribution < -0.4 is 4.74 Å². The van der Waals surface area contributed by atoms with E-state index < -0.39 is 24.3 Å². The van der Waals surface area contributed by atoms with Crippen LogP contribution in [0.3, 0.4) is 0 Å². The highest BCUT2D eigenvalue weighted by molar-refractivity contribution is 5.91. The number of rotatable bonds is 8. The van der Waals surface area contributed by atoms with Crippen LogP contribution in [0.4, 0.5) is 4.39 Å². The summed E-state index contributed by atoms with van der Waals surface area (Å²) in [5.41, 5.74) is -0.316. The predicted molar refractivity (Wildman–Crippen MR) is 80.3 cm³/mol. The summed E-state index contributed by atoms with van der Waals surface area (Å²) >= 11 is 0. The topological polar surface area (TPSA) is 103 Å². The summed E-state index contributed by atoms with van der Waals surface area (Å²) in [6.07, 6.45) is 0.191. The smallest absolute Gasteiger partial charge is 0.341 e. The van der Waals surface area contributed by atoms with E-state index in [4.69, 9.17) is 20.0 Å². The molecule has 0 heterocycles. The van der Waals surface area contributed by atoms with Gasteiger partial charge in [0.25, 0.3) is 5.91 Å². The van der Waals surface area contributed by atoms with Crippen molar-refractivity contribution in [3.05, 3.63) is 29.6 Å². The van der Waals surface area contributed by atoms with Gasteiger partial charge in [-0.05, 0) is 12.1 Å². The Labute approximate surface area is 138 Å². The standard InChI is InChI=1S/C16H16FN3O4/c1-23-12-4-5-13(14(17)10-12)16(22)24-11-15(21)20(8-2-6-18)9-3-7-19/h4-5,10H,2-3,8-9,11H2,1H3. The van der Waals surface area contributed by atoms with E-state index >= 15 is 0 Å². The molecule has 0 aliphatic rings. The van der Waals surface area contributed by atoms with Crippen molar-refractivity contribution in [1.82, 2.24) is 4.90 Å². The van der Waals surface area contributed by atoms with Gasteiger partial charge in [0.15, 0.2) is 6.61 Å². The second kappa shape index (κ2) is 9.80. The summed E-state index contributed by atoms with van der Waals surface area (Å²) in [5, 5.41) is 17.1. The molecule has 0 aliphatic heterocycles. The molecule has 0 aromatic heterocycles. The van der Waals surface area contributed by atoms with Crippen LogP contribution in [-0.4, -0.2) is 43.6 Å². The van der Waals surface area contributed by atoms with Gasteiger partial charge in [-0.2, -0.15) is 10.5 Å². The normalized spacial score (nSPS) is 9.50. The SMILES string of the molecule is COc1ccc(C(=O)OCC(=O)N(CCC#N)CCC#N)c(F)c1. The number of nitrogens with zero attached hydrogens (tertiary/aromatic N) is 3. The summed E-state index contributed by atoms with van der Waals surface area (Å²) in [6, 6.07) is 7.41. The molecular weight excluding hydrogens is 317 g/mol. The van der Waals surface area contributed by atoms with Gasteiger partial charge in [0, 0.05) is 19.2 Å². The maximum Gasteiger partial charge on any atom is 0.341 e. The molecule has 7 nitrogen and oxygen atoms in total. The van der Waals surface area contributed by atoms with E-state index in [1.54, 1.807) is 0 Å². The lowest BCUT2D eigenvalue weighted by atomic mass is 10.2. The third kappa shape index (κ3) is 5.58. The quantitative estimate of drug-likeness (QED) is 0.670. The van der Waals surface area contributed by atoms with E-state index in [0.29, 0.717) is 0 Å². The van der Waals surface area contributed by atoms with Gasteiger partial charge in [-0.1, -0.05) is 0 Å². The van der Waals surface area contributed by atoms with Crippen molar-refractivity contribution in [2.24, 2.45) is 0 Å². The molecule has 0 radical (unpaired) electrons. The fourth-order valence-corrected chi connectivity index (χ4v) is 1.82. The van der Waals surface area contributed by atoms with Crippen LogP contribution in [0, 0.1) is 28.5 Å². The van der Waals surface area contributed by atoms with Crippen LogP contribution in [0.25, 0.3) is 0 Å². The highest BCUT2D eigenvalue weighted by Gasteiger charge is 2.18. The number of methoxy groups -OCH3 is 1. The van der Waals surface area contributed by atoms with Gasteiger partial charge in [0.05, 0.1) is 37.7 Å². The molecule has 126 valence electrons. The highest BCUT2D eigenvalue weighted by Crippen LogP contribution is 2.17. The van der Waals surface area contributed by atoms with E-state index in [2.05, 4.69) is 0 Å². The maximum absolute atomic E-state index is 13.8. The van der Waals surface area contributed by atoms with Crippen LogP contribution in [0.5, 0.6) is 5.75 Å². The van der Waals surface area contributed by atoms with Gasteiger partial charge in [0.1, 0.15) is 11.6 Å². The minimum atomic E-state index is -0.982. The minimum absolute atomic E-state index is 0.0955. The minimum Gasteiger partial charge on any atom is -0.497 e. The van der Waals surface area contributed by atoms with Crippen LogP contribution in [0.1, 0.15) is 23.2 Å². The number of amides is 1. The molecule has 1 aromatic carbocycles.